The van der Waals surface area contributed by atoms with E-state index in [4.69, 9.17) is 4.74 Å². The van der Waals surface area contributed by atoms with Crippen molar-refractivity contribution in [3.8, 4) is 0 Å². The average molecular weight is 342 g/mol. The molecule has 0 aromatic rings. The molecule has 0 aromatic heterocycles. The van der Waals surface area contributed by atoms with Gasteiger partial charge in [-0.1, -0.05) is 13.3 Å². The molecule has 1 aliphatic carbocycles. The lowest BCUT2D eigenvalue weighted by atomic mass is 9.87. The molecule has 2 N–H and O–H groups in total. The second kappa shape index (κ2) is 8.19. The summed E-state index contributed by atoms with van der Waals surface area (Å²) in [7, 11) is 1.83. The van der Waals surface area contributed by atoms with Gasteiger partial charge in [0.05, 0.1) is 17.4 Å². The summed E-state index contributed by atoms with van der Waals surface area (Å²) in [6.45, 7) is 5.04. The summed E-state index contributed by atoms with van der Waals surface area (Å²) >= 11 is 1.81. The molecule has 0 aromatic carbocycles. The topological polar surface area (TPSA) is 53.6 Å². The van der Waals surface area contributed by atoms with Crippen molar-refractivity contribution in [2.75, 3.05) is 32.5 Å². The van der Waals surface area contributed by atoms with Crippen molar-refractivity contribution in [1.29, 1.82) is 0 Å². The van der Waals surface area contributed by atoms with Gasteiger partial charge in [0.1, 0.15) is 0 Å². The predicted octanol–water partition coefficient (Wildman–Crippen LogP) is 1.64. The second-order valence-corrected chi connectivity index (χ2v) is 8.67. The van der Waals surface area contributed by atoms with Crippen molar-refractivity contribution in [3.63, 3.8) is 0 Å². The van der Waals surface area contributed by atoms with E-state index in [1.54, 1.807) is 0 Å². The zero-order chi connectivity index (χ0) is 16.2. The number of nitrogens with zero attached hydrogens (tertiary/aromatic N) is 1. The fourth-order valence-electron chi connectivity index (χ4n) is 4.12. The minimum absolute atomic E-state index is 0.157. The third-order valence-electron chi connectivity index (χ3n) is 5.54. The Labute approximate surface area is 144 Å². The molecule has 5 atom stereocenters. The van der Waals surface area contributed by atoms with Gasteiger partial charge in [-0.2, -0.15) is 0 Å². The molecular formula is C17H31N3O2S. The predicted molar refractivity (Wildman–Crippen MR) is 94.3 cm³/mol. The van der Waals surface area contributed by atoms with Crippen LogP contribution in [0.25, 0.3) is 0 Å². The van der Waals surface area contributed by atoms with Crippen molar-refractivity contribution in [2.24, 2.45) is 11.8 Å². The van der Waals surface area contributed by atoms with Gasteiger partial charge in [0, 0.05) is 26.7 Å². The third kappa shape index (κ3) is 4.62. The minimum atomic E-state index is 0.157. The summed E-state index contributed by atoms with van der Waals surface area (Å²) in [5, 5.41) is 5.71. The Morgan fingerprint density at radius 1 is 1.39 bits per heavy atom. The van der Waals surface area contributed by atoms with Crippen LogP contribution >= 0.6 is 11.8 Å². The maximum Gasteiger partial charge on any atom is 0.233 e. The Morgan fingerprint density at radius 3 is 3.00 bits per heavy atom. The van der Waals surface area contributed by atoms with Crippen LogP contribution in [0.15, 0.2) is 0 Å². The molecule has 0 bridgehead atoms. The molecule has 2 aliphatic heterocycles. The van der Waals surface area contributed by atoms with Crippen molar-refractivity contribution in [2.45, 2.75) is 56.4 Å². The number of rotatable bonds is 5. The molecule has 2 heterocycles. The van der Waals surface area contributed by atoms with Gasteiger partial charge in [0.2, 0.25) is 5.91 Å². The molecule has 1 amide bonds. The van der Waals surface area contributed by atoms with Crippen LogP contribution in [0.3, 0.4) is 0 Å². The molecule has 0 radical (unpaired) electrons. The highest BCUT2D eigenvalue weighted by atomic mass is 32.2. The van der Waals surface area contributed by atoms with E-state index in [0.717, 1.165) is 25.4 Å². The van der Waals surface area contributed by atoms with Crippen molar-refractivity contribution >= 4 is 17.7 Å². The lowest BCUT2D eigenvalue weighted by Crippen LogP contribution is -2.44. The van der Waals surface area contributed by atoms with Gasteiger partial charge in [0.15, 0.2) is 0 Å². The van der Waals surface area contributed by atoms with E-state index in [1.165, 1.54) is 32.1 Å². The third-order valence-corrected chi connectivity index (χ3v) is 7.05. The van der Waals surface area contributed by atoms with E-state index >= 15 is 0 Å². The first-order chi connectivity index (χ1) is 11.2. The summed E-state index contributed by atoms with van der Waals surface area (Å²) in [5.74, 6) is 2.59. The molecule has 132 valence electrons. The van der Waals surface area contributed by atoms with E-state index in [9.17, 15) is 4.79 Å². The van der Waals surface area contributed by atoms with Crippen LogP contribution in [-0.2, 0) is 9.53 Å². The molecule has 3 fully saturated rings. The molecule has 3 rings (SSSR count). The Kier molecular flexibility index (Phi) is 6.24. The fraction of sp³-hybridized carbons (Fsp3) is 0.941. The van der Waals surface area contributed by atoms with Crippen LogP contribution in [0.1, 0.15) is 39.0 Å². The fourth-order valence-corrected chi connectivity index (χ4v) is 5.56. The van der Waals surface area contributed by atoms with E-state index in [-0.39, 0.29) is 17.2 Å². The molecule has 2 saturated heterocycles. The number of hydrazine groups is 1. The van der Waals surface area contributed by atoms with Crippen LogP contribution < -0.4 is 10.7 Å². The monoisotopic (exact) mass is 341 g/mol. The number of thioether (sulfide) groups is 1. The molecule has 1 saturated carbocycles. The Balaban J connectivity index is 1.41. The number of methoxy groups -OCH3 is 1. The van der Waals surface area contributed by atoms with Crippen LogP contribution in [-0.4, -0.2) is 60.8 Å². The maximum absolute atomic E-state index is 12.4. The standard InChI is InChI=1S/C17H31N3O2S/c1-12-6-7-23-16(12)17(21)19-14-9-18-20(11-14)10-13-4-3-5-15(8-13)22-2/h12-16,18H,3-11H2,1-2H3,(H,19,21). The zero-order valence-corrected chi connectivity index (χ0v) is 15.2. The summed E-state index contributed by atoms with van der Waals surface area (Å²) in [6, 6.07) is 0.248. The number of carbonyl (C=O) groups is 1. The summed E-state index contributed by atoms with van der Waals surface area (Å²) in [5.41, 5.74) is 3.46. The lowest BCUT2D eigenvalue weighted by Gasteiger charge is -2.31. The first-order valence-electron chi connectivity index (χ1n) is 9.09. The van der Waals surface area contributed by atoms with Crippen molar-refractivity contribution in [3.05, 3.63) is 0 Å². The normalized spacial score (nSPS) is 38.8. The van der Waals surface area contributed by atoms with Gasteiger partial charge in [-0.15, -0.1) is 11.8 Å². The molecule has 3 aliphatic rings. The first kappa shape index (κ1) is 17.5. The lowest BCUT2D eigenvalue weighted by molar-refractivity contribution is -0.121. The first-order valence-corrected chi connectivity index (χ1v) is 10.1. The zero-order valence-electron chi connectivity index (χ0n) is 14.4. The van der Waals surface area contributed by atoms with Gasteiger partial charge in [-0.25, -0.2) is 5.01 Å². The SMILES string of the molecule is COC1CCCC(CN2CC(NC(=O)C3SCCC3C)CN2)C1. The van der Waals surface area contributed by atoms with Gasteiger partial charge < -0.3 is 10.1 Å². The van der Waals surface area contributed by atoms with Crippen LogP contribution in [0.4, 0.5) is 0 Å². The van der Waals surface area contributed by atoms with Gasteiger partial charge >= 0.3 is 0 Å². The van der Waals surface area contributed by atoms with Crippen molar-refractivity contribution < 1.29 is 9.53 Å². The minimum Gasteiger partial charge on any atom is -0.381 e. The number of nitrogens with one attached hydrogen (secondary N) is 2. The second-order valence-electron chi connectivity index (χ2n) is 7.42. The number of hydrogen-bond acceptors (Lipinski definition) is 5. The highest BCUT2D eigenvalue weighted by Crippen LogP contribution is 2.32. The Bertz CT molecular complexity index is 409. The number of amides is 1. The van der Waals surface area contributed by atoms with Crippen molar-refractivity contribution in [1.82, 2.24) is 15.8 Å². The van der Waals surface area contributed by atoms with E-state index in [2.05, 4.69) is 22.7 Å². The van der Waals surface area contributed by atoms with Crippen LogP contribution in [0.5, 0.6) is 0 Å². The molecule has 0 spiro atoms. The van der Waals surface area contributed by atoms with Crippen LogP contribution in [0.2, 0.25) is 0 Å². The largest absolute Gasteiger partial charge is 0.381 e. The number of ether oxygens (including phenoxy) is 1. The number of carbonyl (C=O) groups excluding carboxylic acids is 1. The molecule has 23 heavy (non-hydrogen) atoms. The quantitative estimate of drug-likeness (QED) is 0.796. The summed E-state index contributed by atoms with van der Waals surface area (Å²) < 4.78 is 5.53. The van der Waals surface area contributed by atoms with Crippen LogP contribution in [0, 0.1) is 11.8 Å². The highest BCUT2D eigenvalue weighted by Gasteiger charge is 2.33. The average Bonchev–Trinajstić information content (AvgIpc) is 3.16. The van der Waals surface area contributed by atoms with E-state index in [1.807, 2.05) is 18.9 Å². The van der Waals surface area contributed by atoms with E-state index < -0.39 is 0 Å². The maximum atomic E-state index is 12.4. The summed E-state index contributed by atoms with van der Waals surface area (Å²) in [4.78, 5) is 12.4. The Morgan fingerprint density at radius 2 is 2.26 bits per heavy atom. The Hall–Kier alpha value is -0.300. The van der Waals surface area contributed by atoms with Gasteiger partial charge in [0.25, 0.3) is 0 Å². The molecule has 6 heteroatoms. The summed E-state index contributed by atoms with van der Waals surface area (Å²) in [6.07, 6.45) is 6.55. The highest BCUT2D eigenvalue weighted by molar-refractivity contribution is 8.00. The number of hydrogen-bond donors (Lipinski definition) is 2. The molecule has 5 unspecified atom stereocenters. The van der Waals surface area contributed by atoms with Gasteiger partial charge in [-0.3, -0.25) is 10.2 Å². The molecular weight excluding hydrogens is 310 g/mol. The van der Waals surface area contributed by atoms with Gasteiger partial charge in [-0.05, 0) is 43.3 Å². The molecule has 5 nitrogen and oxygen atoms in total. The van der Waals surface area contributed by atoms with E-state index in [0.29, 0.717) is 17.9 Å². The smallest absolute Gasteiger partial charge is 0.233 e.